The number of carboxylic acids is 1. The van der Waals surface area contributed by atoms with Crippen LogP contribution >= 0.6 is 0 Å². The van der Waals surface area contributed by atoms with E-state index in [9.17, 15) is 4.79 Å². The Morgan fingerprint density at radius 2 is 1.81 bits per heavy atom. The molecule has 0 saturated carbocycles. The van der Waals surface area contributed by atoms with Crippen LogP contribution in [0.4, 0.5) is 4.79 Å². The van der Waals surface area contributed by atoms with Gasteiger partial charge >= 0.3 is 6.09 Å². The van der Waals surface area contributed by atoms with E-state index in [1.54, 1.807) is 0 Å². The summed E-state index contributed by atoms with van der Waals surface area (Å²) in [6.07, 6.45) is -0.404. The fraction of sp³-hybridized carbons (Fsp3) is 0.273. The zero-order chi connectivity index (χ0) is 12.4. The first kappa shape index (κ1) is 14.0. The average Bonchev–Trinajstić information content (AvgIpc) is 2.26. The second-order valence-electron chi connectivity index (χ2n) is 2.83. The van der Waals surface area contributed by atoms with Gasteiger partial charge in [0.05, 0.1) is 0 Å². The number of rotatable bonds is 2. The highest BCUT2D eigenvalue weighted by Gasteiger charge is 1.96. The van der Waals surface area contributed by atoms with Crippen molar-refractivity contribution in [1.82, 2.24) is 5.32 Å². The maximum atomic E-state index is 10.7. The van der Waals surface area contributed by atoms with Gasteiger partial charge < -0.3 is 15.2 Å². The van der Waals surface area contributed by atoms with Gasteiger partial charge in [-0.3, -0.25) is 4.79 Å². The Morgan fingerprint density at radius 3 is 2.25 bits per heavy atom. The SMILES string of the molecule is CC(=O)O.CNC(=O)OCc1ccccc1. The molecule has 1 aromatic carbocycles. The van der Waals surface area contributed by atoms with E-state index in [2.05, 4.69) is 5.32 Å². The first-order chi connectivity index (χ1) is 7.56. The second kappa shape index (κ2) is 8.28. The first-order valence-corrected chi connectivity index (χ1v) is 4.64. The lowest BCUT2D eigenvalue weighted by atomic mass is 10.2. The number of ether oxygens (including phenoxy) is 1. The van der Waals surface area contributed by atoms with Gasteiger partial charge in [-0.15, -0.1) is 0 Å². The molecule has 5 heteroatoms. The lowest BCUT2D eigenvalue weighted by Crippen LogP contribution is -2.18. The molecule has 0 heterocycles. The highest BCUT2D eigenvalue weighted by molar-refractivity contribution is 5.66. The van der Waals surface area contributed by atoms with Crippen LogP contribution in [0.1, 0.15) is 12.5 Å². The highest BCUT2D eigenvalue weighted by atomic mass is 16.5. The van der Waals surface area contributed by atoms with E-state index in [1.807, 2.05) is 30.3 Å². The predicted molar refractivity (Wildman–Crippen MR) is 59.0 cm³/mol. The highest BCUT2D eigenvalue weighted by Crippen LogP contribution is 1.99. The molecular weight excluding hydrogens is 210 g/mol. The molecular formula is C11H15NO4. The van der Waals surface area contributed by atoms with E-state index in [0.29, 0.717) is 6.61 Å². The van der Waals surface area contributed by atoms with Crippen LogP contribution in [0.5, 0.6) is 0 Å². The average molecular weight is 225 g/mol. The van der Waals surface area contributed by atoms with Gasteiger partial charge in [0.25, 0.3) is 5.97 Å². The van der Waals surface area contributed by atoms with E-state index >= 15 is 0 Å². The maximum Gasteiger partial charge on any atom is 0.407 e. The molecule has 1 aromatic rings. The summed E-state index contributed by atoms with van der Waals surface area (Å²) in [5, 5.41) is 9.79. The normalized spacial score (nSPS) is 8.38. The van der Waals surface area contributed by atoms with Gasteiger partial charge in [0.1, 0.15) is 6.61 Å². The second-order valence-corrected chi connectivity index (χ2v) is 2.83. The number of amides is 1. The van der Waals surface area contributed by atoms with Crippen LogP contribution in [0.25, 0.3) is 0 Å². The number of carbonyl (C=O) groups excluding carboxylic acids is 1. The molecule has 0 fully saturated rings. The number of hydrogen-bond acceptors (Lipinski definition) is 3. The standard InChI is InChI=1S/C9H11NO2.C2H4O2/c1-10-9(11)12-7-8-5-3-2-4-6-8;1-2(3)4/h2-6H,7H2,1H3,(H,10,11);1H3,(H,3,4). The molecule has 0 radical (unpaired) electrons. The van der Waals surface area contributed by atoms with E-state index < -0.39 is 12.1 Å². The zero-order valence-electron chi connectivity index (χ0n) is 9.27. The molecule has 0 atom stereocenters. The summed E-state index contributed by atoms with van der Waals surface area (Å²) in [4.78, 5) is 19.7. The largest absolute Gasteiger partial charge is 0.481 e. The van der Waals surface area contributed by atoms with Crippen LogP contribution in [-0.4, -0.2) is 24.2 Å². The fourth-order valence-corrected chi connectivity index (χ4v) is 0.795. The van der Waals surface area contributed by atoms with Gasteiger partial charge in [-0.25, -0.2) is 4.79 Å². The van der Waals surface area contributed by atoms with Gasteiger partial charge in [-0.05, 0) is 5.56 Å². The van der Waals surface area contributed by atoms with Gasteiger partial charge in [0.2, 0.25) is 0 Å². The molecule has 0 unspecified atom stereocenters. The monoisotopic (exact) mass is 225 g/mol. The molecule has 0 aliphatic carbocycles. The molecule has 1 rings (SSSR count). The summed E-state index contributed by atoms with van der Waals surface area (Å²) < 4.78 is 4.83. The van der Waals surface area contributed by atoms with E-state index in [4.69, 9.17) is 14.6 Å². The first-order valence-electron chi connectivity index (χ1n) is 4.64. The summed E-state index contributed by atoms with van der Waals surface area (Å²) in [6.45, 7) is 1.40. The van der Waals surface area contributed by atoms with Gasteiger partial charge in [-0.2, -0.15) is 0 Å². The van der Waals surface area contributed by atoms with Crippen molar-refractivity contribution in [2.24, 2.45) is 0 Å². The fourth-order valence-electron chi connectivity index (χ4n) is 0.795. The Morgan fingerprint density at radius 1 is 1.31 bits per heavy atom. The summed E-state index contributed by atoms with van der Waals surface area (Å²) in [5.41, 5.74) is 0.987. The Bertz CT molecular complexity index is 320. The summed E-state index contributed by atoms with van der Waals surface area (Å²) in [7, 11) is 1.54. The van der Waals surface area contributed by atoms with Crippen molar-refractivity contribution in [3.63, 3.8) is 0 Å². The number of benzene rings is 1. The number of alkyl carbamates (subject to hydrolysis) is 1. The summed E-state index contributed by atoms with van der Waals surface area (Å²) in [6, 6.07) is 9.54. The number of nitrogens with one attached hydrogen (secondary N) is 1. The summed E-state index contributed by atoms with van der Waals surface area (Å²) >= 11 is 0. The van der Waals surface area contributed by atoms with Crippen LogP contribution in [0, 0.1) is 0 Å². The molecule has 0 spiro atoms. The minimum Gasteiger partial charge on any atom is -0.481 e. The molecule has 0 aromatic heterocycles. The zero-order valence-corrected chi connectivity index (χ0v) is 9.27. The number of hydrogen-bond donors (Lipinski definition) is 2. The number of carboxylic acid groups (broad SMARTS) is 1. The molecule has 0 aliphatic heterocycles. The molecule has 1 amide bonds. The molecule has 88 valence electrons. The van der Waals surface area contributed by atoms with Crippen molar-refractivity contribution in [1.29, 1.82) is 0 Å². The van der Waals surface area contributed by atoms with Crippen LogP contribution in [-0.2, 0) is 16.1 Å². The van der Waals surface area contributed by atoms with Crippen molar-refractivity contribution >= 4 is 12.1 Å². The van der Waals surface area contributed by atoms with Crippen LogP contribution in [0.3, 0.4) is 0 Å². The van der Waals surface area contributed by atoms with E-state index in [-0.39, 0.29) is 0 Å². The molecule has 0 bridgehead atoms. The quantitative estimate of drug-likeness (QED) is 0.802. The van der Waals surface area contributed by atoms with Crippen LogP contribution in [0.15, 0.2) is 30.3 Å². The Labute approximate surface area is 94.0 Å². The third-order valence-corrected chi connectivity index (χ3v) is 1.42. The lowest BCUT2D eigenvalue weighted by Gasteiger charge is -2.02. The molecule has 2 N–H and O–H groups in total. The van der Waals surface area contributed by atoms with Crippen molar-refractivity contribution in [2.75, 3.05) is 7.05 Å². The van der Waals surface area contributed by atoms with Crippen molar-refractivity contribution in [2.45, 2.75) is 13.5 Å². The minimum absolute atomic E-state index is 0.320. The van der Waals surface area contributed by atoms with Crippen molar-refractivity contribution < 1.29 is 19.4 Å². The van der Waals surface area contributed by atoms with Crippen LogP contribution < -0.4 is 5.32 Å². The Kier molecular flexibility index (Phi) is 7.23. The molecule has 5 nitrogen and oxygen atoms in total. The smallest absolute Gasteiger partial charge is 0.407 e. The van der Waals surface area contributed by atoms with E-state index in [0.717, 1.165) is 12.5 Å². The van der Waals surface area contributed by atoms with Crippen LogP contribution in [0.2, 0.25) is 0 Å². The minimum atomic E-state index is -0.833. The Hall–Kier alpha value is -2.04. The number of aliphatic carboxylic acids is 1. The topological polar surface area (TPSA) is 75.6 Å². The third kappa shape index (κ3) is 8.55. The van der Waals surface area contributed by atoms with Gasteiger partial charge in [-0.1, -0.05) is 30.3 Å². The Balaban J connectivity index is 0.000000487. The van der Waals surface area contributed by atoms with Crippen molar-refractivity contribution in [3.8, 4) is 0 Å². The maximum absolute atomic E-state index is 10.7. The van der Waals surface area contributed by atoms with Gasteiger partial charge in [0.15, 0.2) is 0 Å². The predicted octanol–water partition coefficient (Wildman–Crippen LogP) is 1.63. The van der Waals surface area contributed by atoms with E-state index in [1.165, 1.54) is 7.05 Å². The van der Waals surface area contributed by atoms with Crippen molar-refractivity contribution in [3.05, 3.63) is 35.9 Å². The summed E-state index contributed by atoms with van der Waals surface area (Å²) in [5.74, 6) is -0.833. The molecule has 16 heavy (non-hydrogen) atoms. The lowest BCUT2D eigenvalue weighted by molar-refractivity contribution is -0.134. The number of carbonyl (C=O) groups is 2. The van der Waals surface area contributed by atoms with Gasteiger partial charge in [0, 0.05) is 14.0 Å². The third-order valence-electron chi connectivity index (χ3n) is 1.42. The molecule has 0 saturated heterocycles. The molecule has 0 aliphatic rings.